The second-order valence-electron chi connectivity index (χ2n) is 6.95. The molecule has 0 aliphatic carbocycles. The van der Waals surface area contributed by atoms with E-state index in [-0.39, 0.29) is 6.10 Å². The Bertz CT molecular complexity index is 741. The number of aliphatic imine (C=N–C) groups is 1. The Labute approximate surface area is 168 Å². The minimum absolute atomic E-state index is 0.276. The molecule has 1 heterocycles. The molecule has 1 N–H and O–H groups in total. The van der Waals surface area contributed by atoms with Gasteiger partial charge in [-0.1, -0.05) is 30.3 Å². The zero-order valence-electron chi connectivity index (χ0n) is 16.9. The third-order valence-corrected chi connectivity index (χ3v) is 4.92. The summed E-state index contributed by atoms with van der Waals surface area (Å²) in [6, 6.07) is 18.3. The van der Waals surface area contributed by atoms with E-state index in [1.54, 1.807) is 7.11 Å². The van der Waals surface area contributed by atoms with Crippen LogP contribution in [0.4, 0.5) is 0 Å². The molecule has 1 fully saturated rings. The van der Waals surface area contributed by atoms with E-state index in [0.717, 1.165) is 62.9 Å². The fourth-order valence-electron chi connectivity index (χ4n) is 3.42. The van der Waals surface area contributed by atoms with Crippen LogP contribution in [0.3, 0.4) is 0 Å². The third-order valence-electron chi connectivity index (χ3n) is 4.92. The van der Waals surface area contributed by atoms with E-state index in [4.69, 9.17) is 14.5 Å². The highest BCUT2D eigenvalue weighted by Gasteiger charge is 2.22. The fourth-order valence-corrected chi connectivity index (χ4v) is 3.42. The first-order chi connectivity index (χ1) is 13.8. The monoisotopic (exact) mass is 381 g/mol. The number of benzene rings is 2. The van der Waals surface area contributed by atoms with Crippen LogP contribution >= 0.6 is 0 Å². The topological polar surface area (TPSA) is 46.1 Å². The van der Waals surface area contributed by atoms with Gasteiger partial charge in [0.05, 0.1) is 7.11 Å². The lowest BCUT2D eigenvalue weighted by Crippen LogP contribution is -2.47. The Morgan fingerprint density at radius 1 is 1.07 bits per heavy atom. The molecule has 0 amide bonds. The van der Waals surface area contributed by atoms with Crippen molar-refractivity contribution in [3.05, 3.63) is 60.2 Å². The maximum atomic E-state index is 6.11. The van der Waals surface area contributed by atoms with Crippen LogP contribution in [0.15, 0.2) is 59.6 Å². The summed E-state index contributed by atoms with van der Waals surface area (Å²) in [5.41, 5.74) is 1.24. The molecule has 0 aromatic heterocycles. The van der Waals surface area contributed by atoms with Gasteiger partial charge in [-0.05, 0) is 43.2 Å². The van der Waals surface area contributed by atoms with Crippen LogP contribution in [-0.4, -0.2) is 50.3 Å². The van der Waals surface area contributed by atoms with E-state index in [2.05, 4.69) is 29.3 Å². The van der Waals surface area contributed by atoms with Gasteiger partial charge in [0.25, 0.3) is 0 Å². The van der Waals surface area contributed by atoms with E-state index in [9.17, 15) is 0 Å². The van der Waals surface area contributed by atoms with Gasteiger partial charge in [-0.25, -0.2) is 0 Å². The molecule has 5 heteroatoms. The van der Waals surface area contributed by atoms with Gasteiger partial charge in [0.2, 0.25) is 0 Å². The van der Waals surface area contributed by atoms with Gasteiger partial charge in [-0.15, -0.1) is 0 Å². The highest BCUT2D eigenvalue weighted by molar-refractivity contribution is 5.80. The maximum absolute atomic E-state index is 6.11. The average molecular weight is 382 g/mol. The van der Waals surface area contributed by atoms with Crippen molar-refractivity contribution in [1.29, 1.82) is 0 Å². The molecule has 2 aromatic rings. The number of nitrogens with zero attached hydrogens (tertiary/aromatic N) is 2. The molecule has 0 spiro atoms. The van der Waals surface area contributed by atoms with E-state index >= 15 is 0 Å². The quantitative estimate of drug-likeness (QED) is 0.586. The molecule has 3 rings (SSSR count). The summed E-state index contributed by atoms with van der Waals surface area (Å²) in [6.07, 6.45) is 3.20. The molecule has 0 atom stereocenters. The Hall–Kier alpha value is -2.69. The SMILES string of the molecule is CCNC(=NCCc1cccc(OC)c1)N1CCC(Oc2ccccc2)CC1. The van der Waals surface area contributed by atoms with Gasteiger partial charge < -0.3 is 19.7 Å². The second kappa shape index (κ2) is 10.6. The summed E-state index contributed by atoms with van der Waals surface area (Å²) < 4.78 is 11.4. The molecule has 1 aliphatic heterocycles. The van der Waals surface area contributed by atoms with Crippen LogP contribution in [-0.2, 0) is 6.42 Å². The predicted molar refractivity (Wildman–Crippen MR) is 114 cm³/mol. The van der Waals surface area contributed by atoms with Crippen molar-refractivity contribution in [2.75, 3.05) is 33.3 Å². The van der Waals surface area contributed by atoms with Gasteiger partial charge in [-0.2, -0.15) is 0 Å². The Morgan fingerprint density at radius 2 is 1.82 bits per heavy atom. The predicted octanol–water partition coefficient (Wildman–Crippen LogP) is 3.75. The van der Waals surface area contributed by atoms with Crippen molar-refractivity contribution in [2.45, 2.75) is 32.3 Å². The first-order valence-corrected chi connectivity index (χ1v) is 10.2. The normalized spacial score (nSPS) is 15.4. The summed E-state index contributed by atoms with van der Waals surface area (Å²) in [5.74, 6) is 2.86. The summed E-state index contributed by atoms with van der Waals surface area (Å²) in [4.78, 5) is 7.19. The molecule has 28 heavy (non-hydrogen) atoms. The van der Waals surface area contributed by atoms with E-state index in [1.807, 2.05) is 42.5 Å². The van der Waals surface area contributed by atoms with Gasteiger partial charge in [0.15, 0.2) is 5.96 Å². The summed E-state index contributed by atoms with van der Waals surface area (Å²) in [5, 5.41) is 3.44. The van der Waals surface area contributed by atoms with E-state index in [0.29, 0.717) is 0 Å². The van der Waals surface area contributed by atoms with Gasteiger partial charge >= 0.3 is 0 Å². The molecule has 0 saturated carbocycles. The molecule has 150 valence electrons. The molecule has 0 unspecified atom stereocenters. The van der Waals surface area contributed by atoms with Crippen molar-refractivity contribution in [1.82, 2.24) is 10.2 Å². The highest BCUT2D eigenvalue weighted by Crippen LogP contribution is 2.19. The smallest absolute Gasteiger partial charge is 0.193 e. The lowest BCUT2D eigenvalue weighted by Gasteiger charge is -2.34. The molecule has 5 nitrogen and oxygen atoms in total. The summed E-state index contributed by atoms with van der Waals surface area (Å²) in [6.45, 7) is 5.67. The van der Waals surface area contributed by atoms with Gasteiger partial charge in [-0.3, -0.25) is 4.99 Å². The number of ether oxygens (including phenoxy) is 2. The van der Waals surface area contributed by atoms with Gasteiger partial charge in [0.1, 0.15) is 17.6 Å². The zero-order valence-corrected chi connectivity index (χ0v) is 16.9. The number of nitrogens with one attached hydrogen (secondary N) is 1. The molecule has 0 bridgehead atoms. The van der Waals surface area contributed by atoms with Crippen molar-refractivity contribution in [3.8, 4) is 11.5 Å². The lowest BCUT2D eigenvalue weighted by molar-refractivity contribution is 0.129. The first-order valence-electron chi connectivity index (χ1n) is 10.2. The van der Waals surface area contributed by atoms with E-state index < -0.39 is 0 Å². The minimum Gasteiger partial charge on any atom is -0.497 e. The molecule has 0 radical (unpaired) electrons. The van der Waals surface area contributed by atoms with Crippen LogP contribution in [0.25, 0.3) is 0 Å². The summed E-state index contributed by atoms with van der Waals surface area (Å²) in [7, 11) is 1.70. The number of hydrogen-bond acceptors (Lipinski definition) is 3. The van der Waals surface area contributed by atoms with Crippen LogP contribution in [0.5, 0.6) is 11.5 Å². The Balaban J connectivity index is 1.51. The molecule has 1 aliphatic rings. The third kappa shape index (κ3) is 5.91. The van der Waals surface area contributed by atoms with Crippen LogP contribution in [0, 0.1) is 0 Å². The number of piperidine rings is 1. The van der Waals surface area contributed by atoms with Crippen LogP contribution in [0.2, 0.25) is 0 Å². The zero-order chi connectivity index (χ0) is 19.6. The number of hydrogen-bond donors (Lipinski definition) is 1. The van der Waals surface area contributed by atoms with Crippen molar-refractivity contribution in [3.63, 3.8) is 0 Å². The molecular weight excluding hydrogens is 350 g/mol. The number of likely N-dealkylation sites (tertiary alicyclic amines) is 1. The first kappa shape index (κ1) is 20.1. The number of para-hydroxylation sites is 1. The van der Waals surface area contributed by atoms with E-state index in [1.165, 1.54) is 5.56 Å². The average Bonchev–Trinajstić information content (AvgIpc) is 2.75. The maximum Gasteiger partial charge on any atom is 0.193 e. The van der Waals surface area contributed by atoms with Crippen LogP contribution in [0.1, 0.15) is 25.3 Å². The molecule has 1 saturated heterocycles. The number of methoxy groups -OCH3 is 1. The minimum atomic E-state index is 0.276. The molecular formula is C23H31N3O2. The van der Waals surface area contributed by atoms with Crippen molar-refractivity contribution < 1.29 is 9.47 Å². The lowest BCUT2D eigenvalue weighted by atomic mass is 10.1. The Kier molecular flexibility index (Phi) is 7.59. The second-order valence-corrected chi connectivity index (χ2v) is 6.95. The Morgan fingerprint density at radius 3 is 2.54 bits per heavy atom. The standard InChI is InChI=1S/C23H31N3O2/c1-3-24-23(25-15-12-19-8-7-11-22(18-19)27-2)26-16-13-21(14-17-26)28-20-9-5-4-6-10-20/h4-11,18,21H,3,12-17H2,1-2H3,(H,24,25). The van der Waals surface area contributed by atoms with Crippen molar-refractivity contribution in [2.24, 2.45) is 4.99 Å². The largest absolute Gasteiger partial charge is 0.497 e. The fraction of sp³-hybridized carbons (Fsp3) is 0.435. The van der Waals surface area contributed by atoms with Crippen LogP contribution < -0.4 is 14.8 Å². The number of guanidine groups is 1. The molecule has 2 aromatic carbocycles. The highest BCUT2D eigenvalue weighted by atomic mass is 16.5. The summed E-state index contributed by atoms with van der Waals surface area (Å²) >= 11 is 0. The van der Waals surface area contributed by atoms with Crippen molar-refractivity contribution >= 4 is 5.96 Å². The van der Waals surface area contributed by atoms with Gasteiger partial charge in [0, 0.05) is 39.0 Å². The number of rotatable bonds is 7.